The van der Waals surface area contributed by atoms with Gasteiger partial charge in [0.15, 0.2) is 0 Å². The summed E-state index contributed by atoms with van der Waals surface area (Å²) in [6, 6.07) is 11.5. The van der Waals surface area contributed by atoms with Crippen molar-refractivity contribution >= 4 is 0 Å². The Hall–Kier alpha value is -1.74. The quantitative estimate of drug-likeness (QED) is 0.833. The van der Waals surface area contributed by atoms with Crippen LogP contribution in [0.3, 0.4) is 0 Å². The topological polar surface area (TPSA) is 16.1 Å². The molecule has 1 aliphatic heterocycles. The van der Waals surface area contributed by atoms with E-state index >= 15 is 0 Å². The molecule has 0 amide bonds. The van der Waals surface area contributed by atoms with Gasteiger partial charge in [0.05, 0.1) is 0 Å². The van der Waals surface area contributed by atoms with Crippen LogP contribution in [0, 0.1) is 12.2 Å². The van der Waals surface area contributed by atoms with E-state index in [0.29, 0.717) is 6.04 Å². The molecule has 3 heteroatoms. The molecule has 1 atom stereocenters. The predicted octanol–water partition coefficient (Wildman–Crippen LogP) is 3.87. The van der Waals surface area contributed by atoms with E-state index in [9.17, 15) is 4.39 Å². The van der Waals surface area contributed by atoms with Crippen molar-refractivity contribution in [3.05, 3.63) is 72.2 Å². The molecule has 0 spiro atoms. The Kier molecular flexibility index (Phi) is 5.17. The second-order valence-electron chi connectivity index (χ2n) is 5.92. The number of hydrogen-bond donors (Lipinski definition) is 0. The highest BCUT2D eigenvalue weighted by atomic mass is 19.1. The Morgan fingerprint density at radius 3 is 2.64 bits per heavy atom. The first-order valence-corrected chi connectivity index (χ1v) is 8.05. The molecule has 1 saturated heterocycles. The van der Waals surface area contributed by atoms with Gasteiger partial charge in [-0.05, 0) is 61.2 Å². The summed E-state index contributed by atoms with van der Waals surface area (Å²) in [5.41, 5.74) is 2.45. The van der Waals surface area contributed by atoms with Crippen molar-refractivity contribution in [1.82, 2.24) is 9.88 Å². The maximum absolute atomic E-state index is 13.0. The van der Waals surface area contributed by atoms with Crippen LogP contribution in [-0.4, -0.2) is 29.0 Å². The highest BCUT2D eigenvalue weighted by molar-refractivity contribution is 5.22. The molecule has 0 bridgehead atoms. The lowest BCUT2D eigenvalue weighted by Gasteiger charge is -2.35. The van der Waals surface area contributed by atoms with Gasteiger partial charge in [-0.25, -0.2) is 4.39 Å². The molecule has 0 aliphatic carbocycles. The number of piperidine rings is 1. The molecular weight excluding hydrogens is 275 g/mol. The van der Waals surface area contributed by atoms with E-state index in [2.05, 4.69) is 28.4 Å². The fourth-order valence-electron chi connectivity index (χ4n) is 3.10. The minimum atomic E-state index is -0.161. The molecule has 1 radical (unpaired) electrons. The number of rotatable bonds is 5. The van der Waals surface area contributed by atoms with Crippen molar-refractivity contribution in [1.29, 1.82) is 0 Å². The van der Waals surface area contributed by atoms with Crippen LogP contribution in [0.4, 0.5) is 4.39 Å². The van der Waals surface area contributed by atoms with Crippen LogP contribution < -0.4 is 0 Å². The van der Waals surface area contributed by atoms with Crippen LogP contribution in [0.2, 0.25) is 0 Å². The molecule has 1 unspecified atom stereocenters. The van der Waals surface area contributed by atoms with Crippen molar-refractivity contribution in [2.45, 2.75) is 31.7 Å². The Morgan fingerprint density at radius 1 is 1.09 bits per heavy atom. The molecule has 1 aliphatic rings. The van der Waals surface area contributed by atoms with E-state index in [1.807, 2.05) is 24.5 Å². The number of aromatic nitrogens is 1. The summed E-state index contributed by atoms with van der Waals surface area (Å²) in [5, 5.41) is 0. The van der Waals surface area contributed by atoms with Gasteiger partial charge >= 0.3 is 0 Å². The lowest BCUT2D eigenvalue weighted by atomic mass is 9.95. The van der Waals surface area contributed by atoms with Crippen molar-refractivity contribution in [3.8, 4) is 0 Å². The normalized spacial score (nSPS) is 19.2. The molecule has 115 valence electrons. The van der Waals surface area contributed by atoms with Crippen molar-refractivity contribution in [3.63, 3.8) is 0 Å². The van der Waals surface area contributed by atoms with Crippen molar-refractivity contribution in [2.24, 2.45) is 0 Å². The predicted molar refractivity (Wildman–Crippen MR) is 87.0 cm³/mol. The second kappa shape index (κ2) is 7.50. The van der Waals surface area contributed by atoms with Crippen molar-refractivity contribution in [2.75, 3.05) is 13.1 Å². The summed E-state index contributed by atoms with van der Waals surface area (Å²) >= 11 is 0. The molecule has 2 aromatic rings. The average molecular weight is 297 g/mol. The van der Waals surface area contributed by atoms with Gasteiger partial charge in [-0.2, -0.15) is 0 Å². The van der Waals surface area contributed by atoms with Gasteiger partial charge < -0.3 is 0 Å². The fourth-order valence-corrected chi connectivity index (χ4v) is 3.10. The summed E-state index contributed by atoms with van der Waals surface area (Å²) < 4.78 is 13.0. The third-order valence-corrected chi connectivity index (χ3v) is 4.36. The number of nitrogens with zero attached hydrogens (tertiary/aromatic N) is 2. The highest BCUT2D eigenvalue weighted by Gasteiger charge is 2.22. The van der Waals surface area contributed by atoms with Gasteiger partial charge in [-0.15, -0.1) is 0 Å². The molecule has 0 N–H and O–H groups in total. The number of hydrogen-bond acceptors (Lipinski definition) is 2. The van der Waals surface area contributed by atoms with Gasteiger partial charge in [0, 0.05) is 31.4 Å². The number of pyridine rings is 1. The van der Waals surface area contributed by atoms with Crippen LogP contribution in [0.1, 0.15) is 30.4 Å². The molecule has 22 heavy (non-hydrogen) atoms. The Labute approximate surface area is 132 Å². The van der Waals surface area contributed by atoms with Crippen LogP contribution in [0.25, 0.3) is 0 Å². The minimum absolute atomic E-state index is 0.161. The third-order valence-electron chi connectivity index (χ3n) is 4.36. The fraction of sp³-hybridized carbons (Fsp3) is 0.368. The lowest BCUT2D eigenvalue weighted by molar-refractivity contribution is 0.173. The zero-order valence-corrected chi connectivity index (χ0v) is 12.8. The summed E-state index contributed by atoms with van der Waals surface area (Å²) in [4.78, 5) is 6.63. The van der Waals surface area contributed by atoms with E-state index in [1.54, 1.807) is 12.1 Å². The van der Waals surface area contributed by atoms with Gasteiger partial charge in [-0.1, -0.05) is 18.6 Å². The van der Waals surface area contributed by atoms with E-state index < -0.39 is 0 Å². The monoisotopic (exact) mass is 297 g/mol. The standard InChI is InChI=1S/C19H22FN2/c20-18-6-4-16(5-7-18)10-14-22-13-2-1-3-19(22)15-17-8-11-21-12-9-17/h4-9,11-12,15,19H,1-3,10,13-14H2. The Morgan fingerprint density at radius 2 is 1.86 bits per heavy atom. The smallest absolute Gasteiger partial charge is 0.123 e. The maximum Gasteiger partial charge on any atom is 0.123 e. The first-order valence-electron chi connectivity index (χ1n) is 8.05. The van der Waals surface area contributed by atoms with Crippen LogP contribution >= 0.6 is 0 Å². The number of likely N-dealkylation sites (tertiary alicyclic amines) is 1. The van der Waals surface area contributed by atoms with Gasteiger partial charge in [0.25, 0.3) is 0 Å². The largest absolute Gasteiger partial charge is 0.299 e. The molecule has 1 aromatic carbocycles. The van der Waals surface area contributed by atoms with Crippen LogP contribution in [0.5, 0.6) is 0 Å². The summed E-state index contributed by atoms with van der Waals surface area (Å²) in [7, 11) is 0. The summed E-state index contributed by atoms with van der Waals surface area (Å²) in [6.07, 6.45) is 10.8. The first-order chi connectivity index (χ1) is 10.8. The Balaban J connectivity index is 1.59. The van der Waals surface area contributed by atoms with Gasteiger partial charge in [0.1, 0.15) is 5.82 Å². The summed E-state index contributed by atoms with van der Waals surface area (Å²) in [6.45, 7) is 2.17. The van der Waals surface area contributed by atoms with E-state index in [-0.39, 0.29) is 5.82 Å². The SMILES string of the molecule is Fc1ccc(CCN2CCCCC2[CH]c2ccncc2)cc1. The molecular formula is C19H22FN2. The maximum atomic E-state index is 13.0. The molecule has 1 aromatic heterocycles. The Bertz CT molecular complexity index is 568. The van der Waals surface area contributed by atoms with Gasteiger partial charge in [-0.3, -0.25) is 9.88 Å². The molecule has 0 saturated carbocycles. The zero-order valence-electron chi connectivity index (χ0n) is 12.8. The van der Waals surface area contributed by atoms with E-state index in [1.165, 1.54) is 30.4 Å². The number of halogens is 1. The first kappa shape index (κ1) is 15.2. The van der Waals surface area contributed by atoms with Gasteiger partial charge in [0.2, 0.25) is 0 Å². The lowest BCUT2D eigenvalue weighted by Crippen LogP contribution is -2.41. The van der Waals surface area contributed by atoms with Crippen molar-refractivity contribution < 1.29 is 4.39 Å². The molecule has 3 rings (SSSR count). The van der Waals surface area contributed by atoms with Crippen LogP contribution in [0.15, 0.2) is 48.8 Å². The summed E-state index contributed by atoms with van der Waals surface area (Å²) in [5.74, 6) is -0.161. The van der Waals surface area contributed by atoms with Crippen LogP contribution in [-0.2, 0) is 6.42 Å². The highest BCUT2D eigenvalue weighted by Crippen LogP contribution is 2.22. The molecule has 2 nitrogen and oxygen atoms in total. The minimum Gasteiger partial charge on any atom is -0.299 e. The number of benzene rings is 1. The molecule has 1 fully saturated rings. The second-order valence-corrected chi connectivity index (χ2v) is 5.92. The van der Waals surface area contributed by atoms with E-state index in [4.69, 9.17) is 0 Å². The zero-order chi connectivity index (χ0) is 15.2. The average Bonchev–Trinajstić information content (AvgIpc) is 2.56. The van der Waals surface area contributed by atoms with E-state index in [0.717, 1.165) is 19.5 Å². The third kappa shape index (κ3) is 4.14. The molecule has 2 heterocycles.